The summed E-state index contributed by atoms with van der Waals surface area (Å²) < 4.78 is 27.9. The number of rotatable bonds is 6. The average molecular weight is 407 g/mol. The molecule has 1 amide bonds. The van der Waals surface area contributed by atoms with Crippen LogP contribution in [0.25, 0.3) is 0 Å². The molecule has 0 spiro atoms. The quantitative estimate of drug-likeness (QED) is 0.672. The highest BCUT2D eigenvalue weighted by Crippen LogP contribution is 2.33. The zero-order valence-corrected chi connectivity index (χ0v) is 17.3. The highest BCUT2D eigenvalue weighted by molar-refractivity contribution is 7.89. The molecular weight excluding hydrogens is 380 g/mol. The van der Waals surface area contributed by atoms with Gasteiger partial charge in [0.25, 0.3) is 5.91 Å². The molecule has 0 aliphatic heterocycles. The van der Waals surface area contributed by atoms with Crippen LogP contribution in [-0.4, -0.2) is 50.1 Å². The summed E-state index contributed by atoms with van der Waals surface area (Å²) in [5, 5.41) is 9.61. The lowest BCUT2D eigenvalue weighted by Crippen LogP contribution is -2.53. The largest absolute Gasteiger partial charge is 0.449 e. The van der Waals surface area contributed by atoms with E-state index in [-0.39, 0.29) is 11.3 Å². The second-order valence-electron chi connectivity index (χ2n) is 7.42. The molecule has 28 heavy (non-hydrogen) atoms. The predicted octanol–water partition coefficient (Wildman–Crippen LogP) is 2.46. The van der Waals surface area contributed by atoms with Crippen molar-refractivity contribution in [3.8, 4) is 6.07 Å². The Bertz CT molecular complexity index is 865. The van der Waals surface area contributed by atoms with Gasteiger partial charge in [0.15, 0.2) is 15.9 Å². The number of hydrogen-bond donors (Lipinski definition) is 0. The van der Waals surface area contributed by atoms with Crippen molar-refractivity contribution in [2.24, 2.45) is 0 Å². The summed E-state index contributed by atoms with van der Waals surface area (Å²) in [4.78, 5) is 26.5. The van der Waals surface area contributed by atoms with Crippen LogP contribution in [0.2, 0.25) is 0 Å². The maximum atomic E-state index is 12.7. The highest BCUT2D eigenvalue weighted by atomic mass is 32.2. The minimum Gasteiger partial charge on any atom is -0.449 e. The van der Waals surface area contributed by atoms with Gasteiger partial charge < -0.3 is 9.64 Å². The number of nitriles is 1. The molecule has 2 rings (SSSR count). The van der Waals surface area contributed by atoms with Gasteiger partial charge in [-0.1, -0.05) is 31.4 Å². The summed E-state index contributed by atoms with van der Waals surface area (Å²) >= 11 is 0. The number of nitrogens with zero attached hydrogens (tertiary/aromatic N) is 2. The normalized spacial score (nSPS) is 17.2. The monoisotopic (exact) mass is 406 g/mol. The van der Waals surface area contributed by atoms with E-state index in [2.05, 4.69) is 6.07 Å². The van der Waals surface area contributed by atoms with E-state index in [1.807, 2.05) is 0 Å². The number of esters is 1. The lowest BCUT2D eigenvalue weighted by molar-refractivity contribution is -0.143. The number of ether oxygens (including phenoxy) is 1. The molecule has 0 bridgehead atoms. The summed E-state index contributed by atoms with van der Waals surface area (Å²) in [6.45, 7) is 1.49. The molecule has 1 aromatic carbocycles. The minimum absolute atomic E-state index is 0.113. The van der Waals surface area contributed by atoms with Crippen molar-refractivity contribution in [3.05, 3.63) is 35.4 Å². The maximum absolute atomic E-state index is 12.7. The van der Waals surface area contributed by atoms with Gasteiger partial charge in [0.05, 0.1) is 17.4 Å². The molecule has 1 atom stereocenters. The zero-order valence-electron chi connectivity index (χ0n) is 16.5. The fraction of sp³-hybridized carbons (Fsp3) is 0.550. The van der Waals surface area contributed by atoms with Crippen molar-refractivity contribution < 1.29 is 22.7 Å². The Balaban J connectivity index is 2.03. The first-order chi connectivity index (χ1) is 13.1. The molecule has 0 heterocycles. The van der Waals surface area contributed by atoms with Gasteiger partial charge >= 0.3 is 5.97 Å². The van der Waals surface area contributed by atoms with Crippen LogP contribution in [0.1, 0.15) is 54.9 Å². The average Bonchev–Trinajstić information content (AvgIpc) is 2.66. The third-order valence-corrected chi connectivity index (χ3v) is 5.97. The number of amides is 1. The Kier molecular flexibility index (Phi) is 6.83. The molecule has 1 aliphatic rings. The van der Waals surface area contributed by atoms with E-state index >= 15 is 0 Å². The van der Waals surface area contributed by atoms with E-state index < -0.39 is 33.4 Å². The molecule has 1 saturated carbocycles. The Labute approximate surface area is 166 Å². The van der Waals surface area contributed by atoms with Crippen molar-refractivity contribution in [3.63, 3.8) is 0 Å². The Hall–Kier alpha value is -2.40. The molecule has 0 saturated heterocycles. The number of sulfone groups is 1. The number of likely N-dealkylation sites (N-methyl/N-ethyl adjacent to an activating group) is 1. The summed E-state index contributed by atoms with van der Waals surface area (Å²) in [5.41, 5.74) is -0.0492. The van der Waals surface area contributed by atoms with Gasteiger partial charge in [-0.15, -0.1) is 0 Å². The van der Waals surface area contributed by atoms with Gasteiger partial charge in [0.2, 0.25) is 0 Å². The molecule has 0 unspecified atom stereocenters. The second-order valence-corrected chi connectivity index (χ2v) is 9.56. The minimum atomic E-state index is -3.16. The topological polar surface area (TPSA) is 105 Å². The highest BCUT2D eigenvalue weighted by Gasteiger charge is 2.40. The maximum Gasteiger partial charge on any atom is 0.338 e. The van der Waals surface area contributed by atoms with E-state index in [4.69, 9.17) is 4.74 Å². The third kappa shape index (κ3) is 5.32. The van der Waals surface area contributed by atoms with Crippen LogP contribution in [0.4, 0.5) is 0 Å². The fourth-order valence-electron chi connectivity index (χ4n) is 3.46. The third-order valence-electron chi connectivity index (χ3n) is 5.11. The first-order valence-electron chi connectivity index (χ1n) is 9.24. The van der Waals surface area contributed by atoms with E-state index in [1.54, 1.807) is 19.2 Å². The SMILES string of the molecule is C[C@H](OC(=O)c1ccc(CS(C)(=O)=O)cc1)C(=O)N(C)C1(C#N)CCCCC1. The lowest BCUT2D eigenvalue weighted by Gasteiger charge is -2.39. The number of carbonyl (C=O) groups is 2. The van der Waals surface area contributed by atoms with Gasteiger partial charge in [-0.25, -0.2) is 13.2 Å². The van der Waals surface area contributed by atoms with Crippen LogP contribution in [0.15, 0.2) is 24.3 Å². The zero-order chi connectivity index (χ0) is 20.9. The van der Waals surface area contributed by atoms with Crippen molar-refractivity contribution in [2.45, 2.75) is 56.4 Å². The molecule has 0 radical (unpaired) electrons. The molecule has 0 N–H and O–H groups in total. The lowest BCUT2D eigenvalue weighted by atomic mass is 9.81. The van der Waals surface area contributed by atoms with Gasteiger partial charge in [0.1, 0.15) is 5.54 Å². The predicted molar refractivity (Wildman–Crippen MR) is 104 cm³/mol. The van der Waals surface area contributed by atoms with E-state index in [0.717, 1.165) is 25.5 Å². The van der Waals surface area contributed by atoms with Crippen molar-refractivity contribution >= 4 is 21.7 Å². The van der Waals surface area contributed by atoms with Crippen LogP contribution < -0.4 is 0 Å². The van der Waals surface area contributed by atoms with Crippen molar-refractivity contribution in [1.29, 1.82) is 5.26 Å². The van der Waals surface area contributed by atoms with E-state index in [9.17, 15) is 23.3 Å². The van der Waals surface area contributed by atoms with Gasteiger partial charge in [-0.3, -0.25) is 4.79 Å². The first kappa shape index (κ1) is 21.9. The van der Waals surface area contributed by atoms with Gasteiger partial charge in [-0.2, -0.15) is 5.26 Å². The Morgan fingerprint density at radius 2 is 1.79 bits per heavy atom. The summed E-state index contributed by atoms with van der Waals surface area (Å²) in [6, 6.07) is 8.32. The number of carbonyl (C=O) groups excluding carboxylic acids is 2. The number of benzene rings is 1. The molecular formula is C20H26N2O5S. The van der Waals surface area contributed by atoms with Crippen molar-refractivity contribution in [1.82, 2.24) is 4.90 Å². The molecule has 152 valence electrons. The van der Waals surface area contributed by atoms with Crippen LogP contribution >= 0.6 is 0 Å². The summed E-state index contributed by atoms with van der Waals surface area (Å²) in [5.74, 6) is -1.20. The van der Waals surface area contributed by atoms with Gasteiger partial charge in [-0.05, 0) is 37.5 Å². The van der Waals surface area contributed by atoms with Crippen LogP contribution in [-0.2, 0) is 25.1 Å². The number of hydrogen-bond acceptors (Lipinski definition) is 6. The van der Waals surface area contributed by atoms with Gasteiger partial charge in [0, 0.05) is 13.3 Å². The standard InChI is InChI=1S/C20H26N2O5S/c1-15(18(23)22(2)20(14-21)11-5-4-6-12-20)27-19(24)17-9-7-16(8-10-17)13-28(3,25)26/h7-10,15H,4-6,11-13H2,1-3H3/t15-/m0/s1. The molecule has 7 nitrogen and oxygen atoms in total. The first-order valence-corrected chi connectivity index (χ1v) is 11.3. The second kappa shape index (κ2) is 8.74. The van der Waals surface area contributed by atoms with Crippen molar-refractivity contribution in [2.75, 3.05) is 13.3 Å². The van der Waals surface area contributed by atoms with E-state index in [0.29, 0.717) is 18.4 Å². The molecule has 1 fully saturated rings. The molecule has 1 aliphatic carbocycles. The van der Waals surface area contributed by atoms with Crippen LogP contribution in [0.5, 0.6) is 0 Å². The molecule has 0 aromatic heterocycles. The van der Waals surface area contributed by atoms with Crippen LogP contribution in [0, 0.1) is 11.3 Å². The summed E-state index contributed by atoms with van der Waals surface area (Å²) in [7, 11) is -1.58. The van der Waals surface area contributed by atoms with Crippen LogP contribution in [0.3, 0.4) is 0 Å². The fourth-order valence-corrected chi connectivity index (χ4v) is 4.26. The molecule has 1 aromatic rings. The van der Waals surface area contributed by atoms with E-state index in [1.165, 1.54) is 24.0 Å². The Morgan fingerprint density at radius 1 is 1.21 bits per heavy atom. The molecule has 8 heteroatoms. The summed E-state index contributed by atoms with van der Waals surface area (Å²) in [6.07, 6.45) is 4.17. The smallest absolute Gasteiger partial charge is 0.338 e. The Morgan fingerprint density at radius 3 is 2.29 bits per heavy atom.